The number of aromatic nitrogens is 2. The second-order valence-corrected chi connectivity index (χ2v) is 4.45. The van der Waals surface area contributed by atoms with Crippen LogP contribution < -0.4 is 10.6 Å². The molecule has 1 aromatic rings. The molecule has 1 saturated heterocycles. The minimum Gasteiger partial charge on any atom is -0.391 e. The van der Waals surface area contributed by atoms with E-state index in [0.29, 0.717) is 31.4 Å². The van der Waals surface area contributed by atoms with Crippen LogP contribution in [0.4, 0.5) is 11.6 Å². The molecule has 1 aliphatic heterocycles. The number of nitrogens with two attached hydrogens (primary N) is 1. The third kappa shape index (κ3) is 3.30. The predicted molar refractivity (Wildman–Crippen MR) is 69.2 cm³/mol. The summed E-state index contributed by atoms with van der Waals surface area (Å²) in [5.41, 5.74) is 5.78. The number of ether oxygens (including phenoxy) is 1. The smallest absolute Gasteiger partial charge is 0.158 e. The van der Waals surface area contributed by atoms with Gasteiger partial charge in [0, 0.05) is 25.8 Å². The Bertz CT molecular complexity index is 400. The van der Waals surface area contributed by atoms with E-state index in [4.69, 9.17) is 10.5 Å². The number of β-amino-alcohol motifs (C(OH)–C–C–N with tert-alkyl or cyclic N) is 1. The van der Waals surface area contributed by atoms with Gasteiger partial charge in [-0.1, -0.05) is 0 Å². The predicted octanol–water partition coefficient (Wildman–Crippen LogP) is 0.556. The van der Waals surface area contributed by atoms with Gasteiger partial charge in [-0.3, -0.25) is 0 Å². The lowest BCUT2D eigenvalue weighted by atomic mass is 10.1. The van der Waals surface area contributed by atoms with Crippen LogP contribution in [0.1, 0.15) is 25.6 Å². The van der Waals surface area contributed by atoms with Crippen LogP contribution in [-0.4, -0.2) is 40.9 Å². The normalized spacial score (nSPS) is 20.1. The number of nitrogen functional groups attached to an aromatic ring is 1. The third-order valence-corrected chi connectivity index (χ3v) is 2.93. The van der Waals surface area contributed by atoms with E-state index in [2.05, 4.69) is 9.97 Å². The maximum Gasteiger partial charge on any atom is 0.158 e. The zero-order valence-electron chi connectivity index (χ0n) is 10.7. The average Bonchev–Trinajstić information content (AvgIpc) is 2.36. The van der Waals surface area contributed by atoms with E-state index in [1.54, 1.807) is 6.07 Å². The SMILES string of the molecule is CCOCc1nc(N)cc(N2CCCC(O)C2)n1. The molecule has 1 fully saturated rings. The van der Waals surface area contributed by atoms with Gasteiger partial charge >= 0.3 is 0 Å². The van der Waals surface area contributed by atoms with E-state index in [1.165, 1.54) is 0 Å². The van der Waals surface area contributed by atoms with E-state index in [0.717, 1.165) is 25.2 Å². The van der Waals surface area contributed by atoms with Crippen LogP contribution >= 0.6 is 0 Å². The van der Waals surface area contributed by atoms with Crippen LogP contribution in [0.3, 0.4) is 0 Å². The molecule has 6 heteroatoms. The molecule has 1 unspecified atom stereocenters. The summed E-state index contributed by atoms with van der Waals surface area (Å²) in [5, 5.41) is 9.68. The summed E-state index contributed by atoms with van der Waals surface area (Å²) in [7, 11) is 0. The topological polar surface area (TPSA) is 84.5 Å². The highest BCUT2D eigenvalue weighted by atomic mass is 16.5. The fraction of sp³-hybridized carbons (Fsp3) is 0.667. The van der Waals surface area contributed by atoms with Crippen LogP contribution in [0.25, 0.3) is 0 Å². The molecule has 2 heterocycles. The number of anilines is 2. The number of nitrogens with zero attached hydrogens (tertiary/aromatic N) is 3. The second kappa shape index (κ2) is 5.97. The van der Waals surface area contributed by atoms with Crippen LogP contribution in [0, 0.1) is 0 Å². The number of hydrogen-bond acceptors (Lipinski definition) is 6. The average molecular weight is 252 g/mol. The second-order valence-electron chi connectivity index (χ2n) is 4.45. The molecular formula is C12H20N4O2. The molecule has 0 amide bonds. The van der Waals surface area contributed by atoms with Crippen molar-refractivity contribution in [3.63, 3.8) is 0 Å². The standard InChI is InChI=1S/C12H20N4O2/c1-2-18-8-11-14-10(13)6-12(15-11)16-5-3-4-9(17)7-16/h6,9,17H,2-5,7-8H2,1H3,(H2,13,14,15). The Kier molecular flexibility index (Phi) is 4.33. The Balaban J connectivity index is 2.13. The Morgan fingerprint density at radius 2 is 2.39 bits per heavy atom. The summed E-state index contributed by atoms with van der Waals surface area (Å²) in [6.07, 6.45) is 1.53. The van der Waals surface area contributed by atoms with Gasteiger partial charge in [0.2, 0.25) is 0 Å². The molecule has 3 N–H and O–H groups in total. The highest BCUT2D eigenvalue weighted by Gasteiger charge is 2.19. The van der Waals surface area contributed by atoms with Gasteiger partial charge in [0.25, 0.3) is 0 Å². The van der Waals surface area contributed by atoms with Gasteiger partial charge in [-0.05, 0) is 19.8 Å². The van der Waals surface area contributed by atoms with Crippen molar-refractivity contribution >= 4 is 11.6 Å². The zero-order chi connectivity index (χ0) is 13.0. The van der Waals surface area contributed by atoms with E-state index in [9.17, 15) is 5.11 Å². The lowest BCUT2D eigenvalue weighted by Gasteiger charge is -2.31. The highest BCUT2D eigenvalue weighted by Crippen LogP contribution is 2.19. The number of hydrogen-bond donors (Lipinski definition) is 2. The lowest BCUT2D eigenvalue weighted by molar-refractivity contribution is 0.128. The first-order valence-electron chi connectivity index (χ1n) is 6.33. The van der Waals surface area contributed by atoms with Gasteiger partial charge < -0.3 is 20.5 Å². The molecule has 0 aromatic carbocycles. The fourth-order valence-electron chi connectivity index (χ4n) is 2.09. The van der Waals surface area contributed by atoms with E-state index in [1.807, 2.05) is 11.8 Å². The number of aliphatic hydroxyl groups is 1. The molecule has 1 atom stereocenters. The molecule has 0 aliphatic carbocycles. The molecule has 0 radical (unpaired) electrons. The van der Waals surface area contributed by atoms with Crippen molar-refractivity contribution in [1.29, 1.82) is 0 Å². The van der Waals surface area contributed by atoms with Crippen molar-refractivity contribution in [2.24, 2.45) is 0 Å². The molecule has 18 heavy (non-hydrogen) atoms. The summed E-state index contributed by atoms with van der Waals surface area (Å²) in [5.74, 6) is 1.80. The first-order valence-corrected chi connectivity index (χ1v) is 6.33. The van der Waals surface area contributed by atoms with Crippen molar-refractivity contribution in [2.75, 3.05) is 30.3 Å². The number of aliphatic hydroxyl groups excluding tert-OH is 1. The van der Waals surface area contributed by atoms with Gasteiger partial charge in [-0.25, -0.2) is 9.97 Å². The van der Waals surface area contributed by atoms with Crippen LogP contribution in [-0.2, 0) is 11.3 Å². The quantitative estimate of drug-likeness (QED) is 0.814. The van der Waals surface area contributed by atoms with Crippen molar-refractivity contribution < 1.29 is 9.84 Å². The van der Waals surface area contributed by atoms with Gasteiger partial charge in [0.05, 0.1) is 6.10 Å². The number of piperidine rings is 1. The lowest BCUT2D eigenvalue weighted by Crippen LogP contribution is -2.38. The summed E-state index contributed by atoms with van der Waals surface area (Å²) in [4.78, 5) is 10.6. The molecule has 6 nitrogen and oxygen atoms in total. The summed E-state index contributed by atoms with van der Waals surface area (Å²) in [6, 6.07) is 1.74. The van der Waals surface area contributed by atoms with Crippen LogP contribution in [0.5, 0.6) is 0 Å². The molecule has 1 aromatic heterocycles. The van der Waals surface area contributed by atoms with Crippen molar-refractivity contribution in [1.82, 2.24) is 9.97 Å². The van der Waals surface area contributed by atoms with Gasteiger partial charge in [0.15, 0.2) is 5.82 Å². The first-order chi connectivity index (χ1) is 8.69. The third-order valence-electron chi connectivity index (χ3n) is 2.93. The summed E-state index contributed by atoms with van der Waals surface area (Å²) < 4.78 is 5.29. The van der Waals surface area contributed by atoms with Gasteiger partial charge in [-0.15, -0.1) is 0 Å². The molecule has 0 bridgehead atoms. The van der Waals surface area contributed by atoms with E-state index >= 15 is 0 Å². The Labute approximate surface area is 107 Å². The fourth-order valence-corrected chi connectivity index (χ4v) is 2.09. The maximum absolute atomic E-state index is 9.68. The minimum atomic E-state index is -0.287. The van der Waals surface area contributed by atoms with Gasteiger partial charge in [-0.2, -0.15) is 0 Å². The zero-order valence-corrected chi connectivity index (χ0v) is 10.7. The molecule has 0 spiro atoms. The van der Waals surface area contributed by atoms with Crippen molar-refractivity contribution in [3.05, 3.63) is 11.9 Å². The molecule has 2 rings (SSSR count). The summed E-state index contributed by atoms with van der Waals surface area (Å²) in [6.45, 7) is 4.40. The number of rotatable bonds is 4. The monoisotopic (exact) mass is 252 g/mol. The van der Waals surface area contributed by atoms with Crippen LogP contribution in [0.15, 0.2) is 6.07 Å². The van der Waals surface area contributed by atoms with Crippen molar-refractivity contribution in [2.45, 2.75) is 32.5 Å². The Hall–Kier alpha value is -1.40. The molecule has 100 valence electrons. The van der Waals surface area contributed by atoms with Crippen molar-refractivity contribution in [3.8, 4) is 0 Å². The molecular weight excluding hydrogens is 232 g/mol. The minimum absolute atomic E-state index is 0.287. The molecule has 1 aliphatic rings. The van der Waals surface area contributed by atoms with Crippen LogP contribution in [0.2, 0.25) is 0 Å². The van der Waals surface area contributed by atoms with E-state index in [-0.39, 0.29) is 6.10 Å². The van der Waals surface area contributed by atoms with Gasteiger partial charge in [0.1, 0.15) is 18.2 Å². The maximum atomic E-state index is 9.68. The van der Waals surface area contributed by atoms with E-state index < -0.39 is 0 Å². The Morgan fingerprint density at radius 3 is 3.11 bits per heavy atom. The largest absolute Gasteiger partial charge is 0.391 e. The first kappa shape index (κ1) is 13.0. The highest BCUT2D eigenvalue weighted by molar-refractivity contribution is 5.47. The summed E-state index contributed by atoms with van der Waals surface area (Å²) >= 11 is 0. The molecule has 0 saturated carbocycles. The Morgan fingerprint density at radius 1 is 1.56 bits per heavy atom.